The van der Waals surface area contributed by atoms with Crippen LogP contribution in [0.5, 0.6) is 0 Å². The lowest BCUT2D eigenvalue weighted by Crippen LogP contribution is -2.32. The van der Waals surface area contributed by atoms with Crippen molar-refractivity contribution in [1.82, 2.24) is 4.90 Å². The lowest BCUT2D eigenvalue weighted by atomic mass is 9.92. The highest BCUT2D eigenvalue weighted by Gasteiger charge is 2.41. The van der Waals surface area contributed by atoms with Crippen LogP contribution in [0.1, 0.15) is 19.8 Å². The van der Waals surface area contributed by atoms with Crippen LogP contribution in [0.25, 0.3) is 0 Å². The van der Waals surface area contributed by atoms with Crippen LogP contribution < -0.4 is 0 Å². The van der Waals surface area contributed by atoms with Gasteiger partial charge in [-0.1, -0.05) is 0 Å². The van der Waals surface area contributed by atoms with Crippen molar-refractivity contribution in [2.24, 2.45) is 5.92 Å². The molecule has 2 saturated heterocycles. The van der Waals surface area contributed by atoms with Crippen LogP contribution in [-0.2, 0) is 4.74 Å². The zero-order valence-electron chi connectivity index (χ0n) is 7.42. The second-order valence-corrected chi connectivity index (χ2v) is 3.95. The van der Waals surface area contributed by atoms with Gasteiger partial charge in [-0.25, -0.2) is 0 Å². The summed E-state index contributed by atoms with van der Waals surface area (Å²) in [5.41, 5.74) is 0. The lowest BCUT2D eigenvalue weighted by molar-refractivity contribution is 0.188. The van der Waals surface area contributed by atoms with Gasteiger partial charge >= 0.3 is 0 Å². The summed E-state index contributed by atoms with van der Waals surface area (Å²) in [6.45, 7) is 4.71. The van der Waals surface area contributed by atoms with E-state index in [1.807, 2.05) is 0 Å². The molecule has 0 aromatic heterocycles. The average Bonchev–Trinajstić information content (AvgIpc) is 2.69. The molecular formula is C9H17NO. The number of likely N-dealkylation sites (tertiary alicyclic amines) is 1. The maximum absolute atomic E-state index is 5.47. The molecule has 2 unspecified atom stereocenters. The highest BCUT2D eigenvalue weighted by atomic mass is 16.6. The highest BCUT2D eigenvalue weighted by molar-refractivity contribution is 4.89. The normalized spacial score (nSPS) is 40.9. The van der Waals surface area contributed by atoms with E-state index in [2.05, 4.69) is 18.9 Å². The number of epoxide rings is 1. The average molecular weight is 155 g/mol. The molecule has 2 heterocycles. The molecule has 0 saturated carbocycles. The van der Waals surface area contributed by atoms with Gasteiger partial charge in [0.1, 0.15) is 0 Å². The Balaban J connectivity index is 1.79. The molecule has 2 rings (SSSR count). The fraction of sp³-hybridized carbons (Fsp3) is 1.00. The largest absolute Gasteiger partial charge is 0.370 e. The van der Waals surface area contributed by atoms with Crippen molar-refractivity contribution in [2.75, 3.05) is 20.1 Å². The molecule has 0 amide bonds. The van der Waals surface area contributed by atoms with Crippen molar-refractivity contribution in [3.8, 4) is 0 Å². The van der Waals surface area contributed by atoms with Crippen molar-refractivity contribution in [1.29, 1.82) is 0 Å². The Labute approximate surface area is 68.5 Å². The third-order valence-corrected chi connectivity index (χ3v) is 2.99. The molecule has 0 bridgehead atoms. The molecule has 2 heteroatoms. The molecular weight excluding hydrogens is 138 g/mol. The molecule has 0 aromatic rings. The smallest absolute Gasteiger partial charge is 0.0868 e. The predicted molar refractivity (Wildman–Crippen MR) is 44.6 cm³/mol. The van der Waals surface area contributed by atoms with Crippen molar-refractivity contribution in [3.63, 3.8) is 0 Å². The van der Waals surface area contributed by atoms with E-state index >= 15 is 0 Å². The molecule has 2 aliphatic heterocycles. The maximum atomic E-state index is 5.47. The van der Waals surface area contributed by atoms with Crippen LogP contribution in [-0.4, -0.2) is 37.2 Å². The first-order chi connectivity index (χ1) is 5.27. The van der Waals surface area contributed by atoms with Gasteiger partial charge in [0.25, 0.3) is 0 Å². The summed E-state index contributed by atoms with van der Waals surface area (Å²) in [6.07, 6.45) is 3.85. The third kappa shape index (κ3) is 1.57. The maximum Gasteiger partial charge on any atom is 0.0868 e. The number of piperidine rings is 1. The van der Waals surface area contributed by atoms with Crippen molar-refractivity contribution < 1.29 is 4.74 Å². The lowest BCUT2D eigenvalue weighted by Gasteiger charge is -2.27. The quantitative estimate of drug-likeness (QED) is 0.527. The van der Waals surface area contributed by atoms with Gasteiger partial charge in [-0.3, -0.25) is 0 Å². The van der Waals surface area contributed by atoms with E-state index < -0.39 is 0 Å². The molecule has 0 radical (unpaired) electrons. The van der Waals surface area contributed by atoms with E-state index in [0.29, 0.717) is 12.2 Å². The van der Waals surface area contributed by atoms with E-state index in [1.165, 1.54) is 25.9 Å². The van der Waals surface area contributed by atoms with Crippen molar-refractivity contribution in [2.45, 2.75) is 32.0 Å². The zero-order chi connectivity index (χ0) is 7.84. The van der Waals surface area contributed by atoms with Crippen LogP contribution >= 0.6 is 0 Å². The van der Waals surface area contributed by atoms with Crippen molar-refractivity contribution in [3.05, 3.63) is 0 Å². The van der Waals surface area contributed by atoms with Gasteiger partial charge < -0.3 is 9.64 Å². The molecule has 0 aliphatic carbocycles. The van der Waals surface area contributed by atoms with Gasteiger partial charge in [-0.2, -0.15) is 0 Å². The van der Waals surface area contributed by atoms with Gasteiger partial charge in [0.15, 0.2) is 0 Å². The number of hydrogen-bond acceptors (Lipinski definition) is 2. The summed E-state index contributed by atoms with van der Waals surface area (Å²) in [4.78, 5) is 2.41. The Hall–Kier alpha value is -0.0800. The van der Waals surface area contributed by atoms with Crippen LogP contribution in [0.3, 0.4) is 0 Å². The Bertz CT molecular complexity index is 140. The number of hydrogen-bond donors (Lipinski definition) is 0. The minimum atomic E-state index is 0.559. The predicted octanol–water partition coefficient (Wildman–Crippen LogP) is 1.12. The van der Waals surface area contributed by atoms with Crippen LogP contribution in [0.15, 0.2) is 0 Å². The van der Waals surface area contributed by atoms with Gasteiger partial charge in [0.2, 0.25) is 0 Å². The molecule has 0 aromatic carbocycles. The molecule has 64 valence electrons. The van der Waals surface area contributed by atoms with Gasteiger partial charge in [-0.05, 0) is 45.8 Å². The first kappa shape index (κ1) is 7.56. The fourth-order valence-corrected chi connectivity index (χ4v) is 2.05. The van der Waals surface area contributed by atoms with E-state index in [0.717, 1.165) is 5.92 Å². The first-order valence-electron chi connectivity index (χ1n) is 4.61. The molecule has 0 N–H and O–H groups in total. The first-order valence-corrected chi connectivity index (χ1v) is 4.61. The Morgan fingerprint density at radius 2 is 1.82 bits per heavy atom. The Morgan fingerprint density at radius 1 is 1.27 bits per heavy atom. The minimum absolute atomic E-state index is 0.559. The fourth-order valence-electron chi connectivity index (χ4n) is 2.05. The summed E-state index contributed by atoms with van der Waals surface area (Å²) in [6, 6.07) is 0. The number of nitrogens with zero attached hydrogens (tertiary/aromatic N) is 1. The molecule has 2 fully saturated rings. The summed E-state index contributed by atoms with van der Waals surface area (Å²) >= 11 is 0. The van der Waals surface area contributed by atoms with E-state index in [1.54, 1.807) is 0 Å². The second kappa shape index (κ2) is 2.76. The van der Waals surface area contributed by atoms with Crippen LogP contribution in [0.4, 0.5) is 0 Å². The van der Waals surface area contributed by atoms with Crippen LogP contribution in [0.2, 0.25) is 0 Å². The summed E-state index contributed by atoms with van der Waals surface area (Å²) in [5, 5.41) is 0. The second-order valence-electron chi connectivity index (χ2n) is 3.95. The topological polar surface area (TPSA) is 15.8 Å². The monoisotopic (exact) mass is 155 g/mol. The van der Waals surface area contributed by atoms with Gasteiger partial charge in [0.05, 0.1) is 12.2 Å². The molecule has 2 nitrogen and oxygen atoms in total. The highest BCUT2D eigenvalue weighted by Crippen LogP contribution is 2.34. The summed E-state index contributed by atoms with van der Waals surface area (Å²) < 4.78 is 5.47. The summed E-state index contributed by atoms with van der Waals surface area (Å²) in [7, 11) is 2.20. The third-order valence-electron chi connectivity index (χ3n) is 2.99. The zero-order valence-corrected chi connectivity index (χ0v) is 7.42. The van der Waals surface area contributed by atoms with E-state index in [-0.39, 0.29) is 0 Å². The van der Waals surface area contributed by atoms with E-state index in [9.17, 15) is 0 Å². The number of rotatable bonds is 1. The SMILES string of the molecule is CC1OC1C1CCN(C)CC1. The standard InChI is InChI=1S/C9H17NO/c1-7-9(11-7)8-3-5-10(2)6-4-8/h7-9H,3-6H2,1-2H3. The Morgan fingerprint density at radius 3 is 2.27 bits per heavy atom. The van der Waals surface area contributed by atoms with Gasteiger partial charge in [0, 0.05) is 0 Å². The minimum Gasteiger partial charge on any atom is -0.370 e. The molecule has 2 aliphatic rings. The molecule has 0 spiro atoms. The van der Waals surface area contributed by atoms with Crippen molar-refractivity contribution >= 4 is 0 Å². The Kier molecular flexibility index (Phi) is 1.90. The summed E-state index contributed by atoms with van der Waals surface area (Å²) in [5.74, 6) is 0.862. The van der Waals surface area contributed by atoms with Gasteiger partial charge in [-0.15, -0.1) is 0 Å². The van der Waals surface area contributed by atoms with Crippen LogP contribution in [0, 0.1) is 5.92 Å². The van der Waals surface area contributed by atoms with E-state index in [4.69, 9.17) is 4.74 Å². The molecule has 2 atom stereocenters. The molecule has 11 heavy (non-hydrogen) atoms. The number of ether oxygens (including phenoxy) is 1.